The van der Waals surface area contributed by atoms with Crippen LogP contribution in [0.3, 0.4) is 0 Å². The summed E-state index contributed by atoms with van der Waals surface area (Å²) in [6.07, 6.45) is 0.900. The molecule has 1 unspecified atom stereocenters. The highest BCUT2D eigenvalue weighted by atomic mass is 79.9. The van der Waals surface area contributed by atoms with Gasteiger partial charge in [-0.3, -0.25) is 0 Å². The van der Waals surface area contributed by atoms with Gasteiger partial charge >= 0.3 is 0 Å². The molecule has 2 rings (SSSR count). The fraction of sp³-hybridized carbons (Fsp3) is 0.500. The van der Waals surface area contributed by atoms with Crippen molar-refractivity contribution in [3.63, 3.8) is 0 Å². The maximum absolute atomic E-state index is 12.7. The Balaban J connectivity index is 2.40. The molecule has 0 N–H and O–H groups in total. The molecule has 1 aromatic rings. The number of hydrogen-bond acceptors (Lipinski definition) is 4. The van der Waals surface area contributed by atoms with Crippen molar-refractivity contribution in [2.45, 2.75) is 17.4 Å². The first-order chi connectivity index (χ1) is 8.96. The molecule has 0 saturated carbocycles. The van der Waals surface area contributed by atoms with Crippen LogP contribution in [0.4, 0.5) is 0 Å². The number of halogens is 1. The molecule has 0 bridgehead atoms. The van der Waals surface area contributed by atoms with E-state index in [9.17, 15) is 8.42 Å². The van der Waals surface area contributed by atoms with Gasteiger partial charge in [0.15, 0.2) is 0 Å². The number of sulfonamides is 1. The minimum atomic E-state index is -3.52. The summed E-state index contributed by atoms with van der Waals surface area (Å²) in [6, 6.07) is 5.09. The smallest absolute Gasteiger partial charge is 0.246 e. The molecule has 1 saturated heterocycles. The van der Waals surface area contributed by atoms with Crippen molar-refractivity contribution >= 4 is 37.7 Å². The van der Waals surface area contributed by atoms with Gasteiger partial charge < -0.3 is 4.74 Å². The molecule has 0 aliphatic carbocycles. The summed E-state index contributed by atoms with van der Waals surface area (Å²) in [4.78, 5) is 0.212. The van der Waals surface area contributed by atoms with Crippen molar-refractivity contribution in [2.24, 2.45) is 0 Å². The van der Waals surface area contributed by atoms with Gasteiger partial charge in [-0.1, -0.05) is 15.9 Å². The van der Waals surface area contributed by atoms with E-state index in [2.05, 4.69) is 15.9 Å². The second-order valence-corrected chi connectivity index (χ2v) is 8.37. The number of methoxy groups -OCH3 is 1. The molecule has 1 atom stereocenters. The third kappa shape index (κ3) is 3.09. The fourth-order valence-electron chi connectivity index (χ4n) is 2.01. The average molecular weight is 366 g/mol. The Labute approximate surface area is 126 Å². The quantitative estimate of drug-likeness (QED) is 0.822. The maximum atomic E-state index is 12.7. The van der Waals surface area contributed by atoms with E-state index < -0.39 is 10.0 Å². The van der Waals surface area contributed by atoms with Gasteiger partial charge in [-0.05, 0) is 30.4 Å². The van der Waals surface area contributed by atoms with Crippen molar-refractivity contribution < 1.29 is 13.2 Å². The average Bonchev–Trinajstić information content (AvgIpc) is 2.91. The van der Waals surface area contributed by atoms with E-state index in [0.29, 0.717) is 5.75 Å². The van der Waals surface area contributed by atoms with Gasteiger partial charge in [0.1, 0.15) is 10.6 Å². The van der Waals surface area contributed by atoms with Gasteiger partial charge in [-0.15, -0.1) is 0 Å². The molecular formula is C12H16BrNO3S2. The first kappa shape index (κ1) is 15.2. The van der Waals surface area contributed by atoms with E-state index in [1.165, 1.54) is 11.4 Å². The summed E-state index contributed by atoms with van der Waals surface area (Å²) in [5, 5.41) is 0. The van der Waals surface area contributed by atoms with Crippen LogP contribution in [0.15, 0.2) is 27.6 Å². The van der Waals surface area contributed by atoms with Crippen LogP contribution < -0.4 is 4.74 Å². The Hall–Kier alpha value is -0.240. The van der Waals surface area contributed by atoms with Crippen molar-refractivity contribution in [3.8, 4) is 5.75 Å². The molecule has 0 amide bonds. The lowest BCUT2D eigenvalue weighted by molar-refractivity contribution is 0.380. The third-order valence-electron chi connectivity index (χ3n) is 3.20. The van der Waals surface area contributed by atoms with E-state index in [0.717, 1.165) is 22.4 Å². The highest BCUT2D eigenvalue weighted by molar-refractivity contribution is 9.10. The van der Waals surface area contributed by atoms with Crippen molar-refractivity contribution in [1.82, 2.24) is 4.31 Å². The molecular weight excluding hydrogens is 350 g/mol. The monoisotopic (exact) mass is 365 g/mol. The summed E-state index contributed by atoms with van der Waals surface area (Å²) in [5.74, 6) is 2.24. The summed E-state index contributed by atoms with van der Waals surface area (Å²) in [6.45, 7) is 0. The Morgan fingerprint density at radius 3 is 2.79 bits per heavy atom. The highest BCUT2D eigenvalue weighted by Crippen LogP contribution is 2.32. The second kappa shape index (κ2) is 6.03. The first-order valence-electron chi connectivity index (χ1n) is 5.86. The predicted octanol–water partition coefficient (Wildman–Crippen LogP) is 2.58. The number of thioether (sulfide) groups is 1. The summed E-state index contributed by atoms with van der Waals surface area (Å²) in [7, 11) is -0.398. The fourth-order valence-corrected chi connectivity index (χ4v) is 5.45. The zero-order valence-corrected chi connectivity index (χ0v) is 14.0. The van der Waals surface area contributed by atoms with Crippen LogP contribution in [0.25, 0.3) is 0 Å². The third-order valence-corrected chi connectivity index (χ3v) is 6.77. The van der Waals surface area contributed by atoms with Crippen LogP contribution in [0.5, 0.6) is 5.75 Å². The molecule has 0 aromatic heterocycles. The van der Waals surface area contributed by atoms with Gasteiger partial charge in [-0.25, -0.2) is 8.42 Å². The molecule has 1 fully saturated rings. The lowest BCUT2D eigenvalue weighted by Crippen LogP contribution is -2.37. The standard InChI is InChI=1S/C12H16BrNO3S2/c1-14(10-5-6-18-8-10)19(15,16)12-7-9(13)3-4-11(12)17-2/h3-4,7,10H,5-6,8H2,1-2H3. The largest absolute Gasteiger partial charge is 0.495 e. The van der Waals surface area contributed by atoms with Gasteiger partial charge in [0.05, 0.1) is 7.11 Å². The SMILES string of the molecule is COc1ccc(Br)cc1S(=O)(=O)N(C)C1CCSC1. The Morgan fingerprint density at radius 2 is 2.21 bits per heavy atom. The van der Waals surface area contributed by atoms with Gasteiger partial charge in [-0.2, -0.15) is 16.1 Å². The molecule has 106 valence electrons. The molecule has 1 aromatic carbocycles. The van der Waals surface area contributed by atoms with Crippen molar-refractivity contribution in [3.05, 3.63) is 22.7 Å². The lowest BCUT2D eigenvalue weighted by atomic mass is 10.3. The number of benzene rings is 1. The second-order valence-electron chi connectivity index (χ2n) is 4.33. The molecule has 19 heavy (non-hydrogen) atoms. The molecule has 0 spiro atoms. The molecule has 4 nitrogen and oxygen atoms in total. The maximum Gasteiger partial charge on any atom is 0.246 e. The number of ether oxygens (including phenoxy) is 1. The molecule has 0 radical (unpaired) electrons. The lowest BCUT2D eigenvalue weighted by Gasteiger charge is -2.24. The van der Waals surface area contributed by atoms with Crippen LogP contribution in [0.1, 0.15) is 6.42 Å². The Bertz CT molecular complexity index is 556. The highest BCUT2D eigenvalue weighted by Gasteiger charge is 2.32. The van der Waals surface area contributed by atoms with E-state index in [4.69, 9.17) is 4.74 Å². The first-order valence-corrected chi connectivity index (χ1v) is 9.25. The summed E-state index contributed by atoms with van der Waals surface area (Å²) < 4.78 is 32.7. The van der Waals surface area contributed by atoms with Gasteiger partial charge in [0.25, 0.3) is 0 Å². The Morgan fingerprint density at radius 1 is 1.47 bits per heavy atom. The van der Waals surface area contributed by atoms with Crippen molar-refractivity contribution in [1.29, 1.82) is 0 Å². The molecule has 1 heterocycles. The predicted molar refractivity (Wildman–Crippen MR) is 81.4 cm³/mol. The molecule has 7 heteroatoms. The summed E-state index contributed by atoms with van der Waals surface area (Å²) >= 11 is 5.10. The molecule has 1 aliphatic rings. The number of rotatable bonds is 4. The van der Waals surface area contributed by atoms with Gasteiger partial charge in [0.2, 0.25) is 10.0 Å². The zero-order valence-electron chi connectivity index (χ0n) is 10.8. The van der Waals surface area contributed by atoms with Crippen LogP contribution >= 0.6 is 27.7 Å². The van der Waals surface area contributed by atoms with E-state index in [1.54, 1.807) is 37.0 Å². The zero-order chi connectivity index (χ0) is 14.0. The van der Waals surface area contributed by atoms with Crippen LogP contribution in [0, 0.1) is 0 Å². The number of nitrogens with zero attached hydrogens (tertiary/aromatic N) is 1. The van der Waals surface area contributed by atoms with E-state index in [-0.39, 0.29) is 10.9 Å². The minimum Gasteiger partial charge on any atom is -0.495 e. The normalized spacial score (nSPS) is 19.9. The van der Waals surface area contributed by atoms with E-state index >= 15 is 0 Å². The van der Waals surface area contributed by atoms with Crippen LogP contribution in [-0.4, -0.2) is 44.4 Å². The topological polar surface area (TPSA) is 46.6 Å². The number of hydrogen-bond donors (Lipinski definition) is 0. The Kier molecular flexibility index (Phi) is 4.81. The molecule has 1 aliphatic heterocycles. The van der Waals surface area contributed by atoms with Crippen molar-refractivity contribution in [2.75, 3.05) is 25.7 Å². The summed E-state index contributed by atoms with van der Waals surface area (Å²) in [5.41, 5.74) is 0. The van der Waals surface area contributed by atoms with Crippen LogP contribution in [-0.2, 0) is 10.0 Å². The van der Waals surface area contributed by atoms with Crippen LogP contribution in [0.2, 0.25) is 0 Å². The van der Waals surface area contributed by atoms with E-state index in [1.807, 2.05) is 0 Å². The van der Waals surface area contributed by atoms with Gasteiger partial charge in [0, 0.05) is 23.3 Å². The minimum absolute atomic E-state index is 0.0682.